The summed E-state index contributed by atoms with van der Waals surface area (Å²) >= 11 is 0. The predicted octanol–water partition coefficient (Wildman–Crippen LogP) is 2.83. The Hall–Kier alpha value is -1.31. The van der Waals surface area contributed by atoms with E-state index < -0.39 is 0 Å². The third-order valence-corrected chi connectivity index (χ3v) is 2.27. The quantitative estimate of drug-likeness (QED) is 0.643. The first-order chi connectivity index (χ1) is 6.25. The highest BCUT2D eigenvalue weighted by Gasteiger charge is 2.19. The Bertz CT molecular complexity index is 326. The molecule has 0 amide bonds. The average Bonchev–Trinajstić information content (AvgIpc) is 2.53. The smallest absolute Gasteiger partial charge is 0.157 e. The second-order valence-corrected chi connectivity index (χ2v) is 3.54. The molecule has 0 fully saturated rings. The maximum atomic E-state index is 5.28. The zero-order valence-electron chi connectivity index (χ0n) is 7.95. The van der Waals surface area contributed by atoms with E-state index in [1.807, 2.05) is 6.92 Å². The lowest BCUT2D eigenvalue weighted by molar-refractivity contribution is 0.0857. The van der Waals surface area contributed by atoms with Crippen molar-refractivity contribution < 1.29 is 4.84 Å². The molecule has 0 spiro atoms. The molecule has 1 heterocycles. The minimum atomic E-state index is 0.139. The van der Waals surface area contributed by atoms with Crippen LogP contribution in [0, 0.1) is 6.92 Å². The molecule has 0 bridgehead atoms. The third kappa shape index (κ3) is 1.72. The van der Waals surface area contributed by atoms with Gasteiger partial charge in [-0.15, -0.1) is 0 Å². The van der Waals surface area contributed by atoms with Crippen molar-refractivity contribution in [3.05, 3.63) is 35.4 Å². The molecule has 0 aromatic heterocycles. The first kappa shape index (κ1) is 8.30. The van der Waals surface area contributed by atoms with E-state index in [0.717, 1.165) is 12.1 Å². The van der Waals surface area contributed by atoms with Crippen LogP contribution >= 0.6 is 0 Å². The number of hydrogen-bond donors (Lipinski definition) is 0. The van der Waals surface area contributed by atoms with Crippen molar-refractivity contribution in [2.45, 2.75) is 26.4 Å². The van der Waals surface area contributed by atoms with E-state index in [4.69, 9.17) is 4.84 Å². The van der Waals surface area contributed by atoms with E-state index in [0.29, 0.717) is 0 Å². The van der Waals surface area contributed by atoms with E-state index in [1.165, 1.54) is 11.1 Å². The molecule has 2 rings (SSSR count). The lowest BCUT2D eigenvalue weighted by Crippen LogP contribution is -1.97. The monoisotopic (exact) mass is 175 g/mol. The van der Waals surface area contributed by atoms with Gasteiger partial charge in [0.25, 0.3) is 0 Å². The molecule has 68 valence electrons. The summed E-state index contributed by atoms with van der Waals surface area (Å²) in [6, 6.07) is 8.42. The number of nitrogens with zero attached hydrogens (tertiary/aromatic N) is 1. The fourth-order valence-electron chi connectivity index (χ4n) is 1.46. The highest BCUT2D eigenvalue weighted by Crippen LogP contribution is 2.26. The van der Waals surface area contributed by atoms with Crippen molar-refractivity contribution in [1.82, 2.24) is 0 Å². The topological polar surface area (TPSA) is 21.6 Å². The van der Waals surface area contributed by atoms with Crippen molar-refractivity contribution in [3.63, 3.8) is 0 Å². The van der Waals surface area contributed by atoms with Crippen LogP contribution in [0.5, 0.6) is 0 Å². The van der Waals surface area contributed by atoms with Gasteiger partial charge in [0.2, 0.25) is 0 Å². The van der Waals surface area contributed by atoms with E-state index in [1.54, 1.807) is 0 Å². The van der Waals surface area contributed by atoms with E-state index in [-0.39, 0.29) is 6.10 Å². The lowest BCUT2D eigenvalue weighted by Gasteiger charge is -2.07. The molecule has 1 aromatic carbocycles. The maximum Gasteiger partial charge on any atom is 0.157 e. The summed E-state index contributed by atoms with van der Waals surface area (Å²) < 4.78 is 0. The molecule has 2 heteroatoms. The highest BCUT2D eigenvalue weighted by molar-refractivity contribution is 5.83. The van der Waals surface area contributed by atoms with Gasteiger partial charge in [0.15, 0.2) is 6.10 Å². The summed E-state index contributed by atoms with van der Waals surface area (Å²) in [6.07, 6.45) is 1.06. The third-order valence-electron chi connectivity index (χ3n) is 2.27. The minimum Gasteiger partial charge on any atom is -0.387 e. The van der Waals surface area contributed by atoms with Crippen LogP contribution in [-0.4, -0.2) is 5.71 Å². The van der Waals surface area contributed by atoms with Gasteiger partial charge in [0.1, 0.15) is 0 Å². The molecule has 1 aliphatic heterocycles. The molecule has 1 aliphatic rings. The van der Waals surface area contributed by atoms with Crippen LogP contribution in [0.1, 0.15) is 30.6 Å². The van der Waals surface area contributed by atoms with Crippen molar-refractivity contribution in [3.8, 4) is 0 Å². The van der Waals surface area contributed by atoms with Crippen LogP contribution in [0.25, 0.3) is 0 Å². The molecule has 0 aliphatic carbocycles. The van der Waals surface area contributed by atoms with Crippen molar-refractivity contribution in [2.24, 2.45) is 5.16 Å². The SMILES string of the molecule is CC1=NOC(c2ccc(C)cc2)C1. The molecule has 1 aromatic rings. The Labute approximate surface area is 78.2 Å². The molecule has 0 saturated heterocycles. The van der Waals surface area contributed by atoms with Crippen LogP contribution in [0.4, 0.5) is 0 Å². The number of rotatable bonds is 1. The van der Waals surface area contributed by atoms with Gasteiger partial charge in [-0.05, 0) is 19.4 Å². The van der Waals surface area contributed by atoms with Crippen LogP contribution in [0.2, 0.25) is 0 Å². The van der Waals surface area contributed by atoms with Gasteiger partial charge in [-0.25, -0.2) is 0 Å². The number of benzene rings is 1. The van der Waals surface area contributed by atoms with Gasteiger partial charge < -0.3 is 4.84 Å². The normalized spacial score (nSPS) is 21.1. The molecular formula is C11H13NO. The van der Waals surface area contributed by atoms with Gasteiger partial charge in [-0.3, -0.25) is 0 Å². The number of oxime groups is 1. The van der Waals surface area contributed by atoms with Gasteiger partial charge in [0.05, 0.1) is 5.71 Å². The first-order valence-electron chi connectivity index (χ1n) is 4.51. The van der Waals surface area contributed by atoms with E-state index in [9.17, 15) is 0 Å². The predicted molar refractivity (Wildman–Crippen MR) is 52.7 cm³/mol. The molecule has 2 nitrogen and oxygen atoms in total. The molecule has 0 radical (unpaired) electrons. The van der Waals surface area contributed by atoms with Crippen LogP contribution in [0.3, 0.4) is 0 Å². The van der Waals surface area contributed by atoms with Gasteiger partial charge >= 0.3 is 0 Å². The summed E-state index contributed by atoms with van der Waals surface area (Å²) in [5.74, 6) is 0. The molecule has 1 unspecified atom stereocenters. The highest BCUT2D eigenvalue weighted by atomic mass is 16.6. The minimum absolute atomic E-state index is 0.139. The summed E-state index contributed by atoms with van der Waals surface area (Å²) in [7, 11) is 0. The Balaban J connectivity index is 2.14. The number of aryl methyl sites for hydroxylation is 1. The maximum absolute atomic E-state index is 5.28. The fourth-order valence-corrected chi connectivity index (χ4v) is 1.46. The summed E-state index contributed by atoms with van der Waals surface area (Å²) in [5.41, 5.74) is 3.57. The van der Waals surface area contributed by atoms with Crippen molar-refractivity contribution in [1.29, 1.82) is 0 Å². The molecule has 13 heavy (non-hydrogen) atoms. The second-order valence-electron chi connectivity index (χ2n) is 3.54. The van der Waals surface area contributed by atoms with Gasteiger partial charge in [-0.1, -0.05) is 35.0 Å². The molecule has 0 N–H and O–H groups in total. The standard InChI is InChI=1S/C11H13NO/c1-8-3-5-10(6-4-8)11-7-9(2)12-13-11/h3-6,11H,7H2,1-2H3. The van der Waals surface area contributed by atoms with Crippen LogP contribution in [0.15, 0.2) is 29.4 Å². The zero-order chi connectivity index (χ0) is 9.26. The summed E-state index contributed by atoms with van der Waals surface area (Å²) in [5, 5.41) is 3.93. The van der Waals surface area contributed by atoms with E-state index in [2.05, 4.69) is 36.3 Å². The number of hydrogen-bond acceptors (Lipinski definition) is 2. The Morgan fingerprint density at radius 1 is 1.23 bits per heavy atom. The fraction of sp³-hybridized carbons (Fsp3) is 0.364. The first-order valence-corrected chi connectivity index (χ1v) is 4.51. The van der Waals surface area contributed by atoms with E-state index >= 15 is 0 Å². The molecule has 0 saturated carbocycles. The van der Waals surface area contributed by atoms with Crippen LogP contribution in [-0.2, 0) is 4.84 Å². The Kier molecular flexibility index (Phi) is 2.05. The van der Waals surface area contributed by atoms with Gasteiger partial charge in [0, 0.05) is 6.42 Å². The van der Waals surface area contributed by atoms with Crippen molar-refractivity contribution in [2.75, 3.05) is 0 Å². The van der Waals surface area contributed by atoms with Crippen LogP contribution < -0.4 is 0 Å². The average molecular weight is 175 g/mol. The summed E-state index contributed by atoms with van der Waals surface area (Å²) in [4.78, 5) is 5.28. The lowest BCUT2D eigenvalue weighted by atomic mass is 10.0. The zero-order valence-corrected chi connectivity index (χ0v) is 7.95. The molecule has 1 atom stereocenters. The van der Waals surface area contributed by atoms with Crippen molar-refractivity contribution >= 4 is 5.71 Å². The summed E-state index contributed by atoms with van der Waals surface area (Å²) in [6.45, 7) is 4.08. The Morgan fingerprint density at radius 3 is 2.46 bits per heavy atom. The Morgan fingerprint density at radius 2 is 1.92 bits per heavy atom. The second kappa shape index (κ2) is 3.21. The largest absolute Gasteiger partial charge is 0.387 e. The molecular weight excluding hydrogens is 162 g/mol. The van der Waals surface area contributed by atoms with Gasteiger partial charge in [-0.2, -0.15) is 0 Å².